The fourth-order valence-electron chi connectivity index (χ4n) is 2.78. The molecular weight excluding hydrogens is 234 g/mol. The van der Waals surface area contributed by atoms with E-state index in [2.05, 4.69) is 35.0 Å². The molecule has 0 aliphatic carbocycles. The minimum atomic E-state index is 0.859. The van der Waals surface area contributed by atoms with Crippen molar-refractivity contribution in [1.82, 2.24) is 4.98 Å². The summed E-state index contributed by atoms with van der Waals surface area (Å²) >= 11 is 0. The Morgan fingerprint density at radius 3 is 3.00 bits per heavy atom. The van der Waals surface area contributed by atoms with Crippen molar-refractivity contribution in [3.8, 4) is 0 Å². The fourth-order valence-corrected chi connectivity index (χ4v) is 2.78. The van der Waals surface area contributed by atoms with Gasteiger partial charge in [-0.15, -0.1) is 0 Å². The van der Waals surface area contributed by atoms with Gasteiger partial charge in [0.25, 0.3) is 0 Å². The zero-order chi connectivity index (χ0) is 13.2. The fraction of sp³-hybridized carbons (Fsp3) is 0.312. The van der Waals surface area contributed by atoms with Crippen molar-refractivity contribution < 1.29 is 0 Å². The number of rotatable bonds is 2. The first-order valence-electron chi connectivity index (χ1n) is 6.76. The van der Waals surface area contributed by atoms with Crippen LogP contribution >= 0.6 is 0 Å². The summed E-state index contributed by atoms with van der Waals surface area (Å²) in [7, 11) is 0. The van der Waals surface area contributed by atoms with Crippen LogP contribution in [-0.4, -0.2) is 11.5 Å². The Balaban J connectivity index is 1.87. The number of pyridine rings is 1. The van der Waals surface area contributed by atoms with Gasteiger partial charge in [0.15, 0.2) is 0 Å². The number of nitrogen functional groups attached to an aromatic ring is 1. The molecule has 3 rings (SSSR count). The molecule has 0 fully saturated rings. The van der Waals surface area contributed by atoms with E-state index in [-0.39, 0.29) is 0 Å². The van der Waals surface area contributed by atoms with E-state index in [0.29, 0.717) is 0 Å². The molecule has 0 radical (unpaired) electrons. The SMILES string of the molecule is Cc1cncc(CN2CCCc3cc(N)ccc32)c1. The first kappa shape index (κ1) is 12.0. The Morgan fingerprint density at radius 2 is 2.16 bits per heavy atom. The summed E-state index contributed by atoms with van der Waals surface area (Å²) in [5, 5.41) is 0. The Morgan fingerprint density at radius 1 is 1.26 bits per heavy atom. The number of hydrogen-bond acceptors (Lipinski definition) is 3. The van der Waals surface area contributed by atoms with Crippen molar-refractivity contribution in [2.45, 2.75) is 26.3 Å². The smallest absolute Gasteiger partial charge is 0.0444 e. The molecule has 1 aromatic carbocycles. The summed E-state index contributed by atoms with van der Waals surface area (Å²) in [5.74, 6) is 0. The van der Waals surface area contributed by atoms with Gasteiger partial charge < -0.3 is 10.6 Å². The van der Waals surface area contributed by atoms with Gasteiger partial charge >= 0.3 is 0 Å². The first-order valence-corrected chi connectivity index (χ1v) is 6.76. The molecule has 1 aliphatic rings. The maximum atomic E-state index is 5.87. The normalized spacial score (nSPS) is 14.3. The van der Waals surface area contributed by atoms with E-state index >= 15 is 0 Å². The molecule has 0 spiro atoms. The minimum Gasteiger partial charge on any atom is -0.399 e. The highest BCUT2D eigenvalue weighted by molar-refractivity contribution is 5.61. The number of nitrogens with zero attached hydrogens (tertiary/aromatic N) is 2. The second-order valence-corrected chi connectivity index (χ2v) is 5.28. The van der Waals surface area contributed by atoms with Crippen LogP contribution in [0.5, 0.6) is 0 Å². The van der Waals surface area contributed by atoms with Crippen molar-refractivity contribution in [1.29, 1.82) is 0 Å². The average molecular weight is 253 g/mol. The maximum Gasteiger partial charge on any atom is 0.0444 e. The summed E-state index contributed by atoms with van der Waals surface area (Å²) in [5.41, 5.74) is 11.9. The molecule has 0 bridgehead atoms. The van der Waals surface area contributed by atoms with Crippen LogP contribution in [0.15, 0.2) is 36.7 Å². The number of benzene rings is 1. The molecule has 2 heterocycles. The summed E-state index contributed by atoms with van der Waals surface area (Å²) in [6, 6.07) is 8.45. The van der Waals surface area contributed by atoms with Gasteiger partial charge in [0.05, 0.1) is 0 Å². The Labute approximate surface area is 114 Å². The number of hydrogen-bond donors (Lipinski definition) is 1. The number of anilines is 2. The van der Waals surface area contributed by atoms with Crippen LogP contribution in [0.3, 0.4) is 0 Å². The summed E-state index contributed by atoms with van der Waals surface area (Å²) < 4.78 is 0. The van der Waals surface area contributed by atoms with Crippen LogP contribution in [0.4, 0.5) is 11.4 Å². The van der Waals surface area contributed by atoms with E-state index in [1.807, 2.05) is 18.5 Å². The molecule has 0 unspecified atom stereocenters. The lowest BCUT2D eigenvalue weighted by molar-refractivity contribution is 0.690. The summed E-state index contributed by atoms with van der Waals surface area (Å²) in [6.45, 7) is 4.11. The third-order valence-corrected chi connectivity index (χ3v) is 3.62. The molecule has 3 heteroatoms. The molecule has 1 aliphatic heterocycles. The second kappa shape index (κ2) is 4.92. The van der Waals surface area contributed by atoms with Crippen LogP contribution in [0.2, 0.25) is 0 Å². The zero-order valence-electron chi connectivity index (χ0n) is 11.3. The molecule has 19 heavy (non-hydrogen) atoms. The topological polar surface area (TPSA) is 42.2 Å². The van der Waals surface area contributed by atoms with Gasteiger partial charge in [-0.25, -0.2) is 0 Å². The molecule has 0 amide bonds. The molecule has 0 saturated carbocycles. The zero-order valence-corrected chi connectivity index (χ0v) is 11.3. The first-order chi connectivity index (χ1) is 9.22. The quantitative estimate of drug-likeness (QED) is 0.837. The highest BCUT2D eigenvalue weighted by Gasteiger charge is 2.17. The van der Waals surface area contributed by atoms with Crippen LogP contribution in [0, 0.1) is 6.92 Å². The molecular formula is C16H19N3. The van der Waals surface area contributed by atoms with E-state index in [9.17, 15) is 0 Å². The van der Waals surface area contributed by atoms with E-state index in [4.69, 9.17) is 5.73 Å². The van der Waals surface area contributed by atoms with Gasteiger partial charge in [-0.3, -0.25) is 4.98 Å². The summed E-state index contributed by atoms with van der Waals surface area (Å²) in [4.78, 5) is 6.70. The highest BCUT2D eigenvalue weighted by Crippen LogP contribution is 2.29. The van der Waals surface area contributed by atoms with Crippen molar-refractivity contribution in [2.75, 3.05) is 17.2 Å². The third-order valence-electron chi connectivity index (χ3n) is 3.62. The third kappa shape index (κ3) is 2.55. The van der Waals surface area contributed by atoms with Crippen molar-refractivity contribution in [2.24, 2.45) is 0 Å². The number of aryl methyl sites for hydroxylation is 2. The van der Waals surface area contributed by atoms with E-state index in [1.165, 1.54) is 28.8 Å². The highest BCUT2D eigenvalue weighted by atomic mass is 15.1. The average Bonchev–Trinajstić information content (AvgIpc) is 2.38. The van der Waals surface area contributed by atoms with E-state index in [0.717, 1.165) is 25.2 Å². The molecule has 2 aromatic rings. The van der Waals surface area contributed by atoms with Crippen LogP contribution in [-0.2, 0) is 13.0 Å². The lowest BCUT2D eigenvalue weighted by atomic mass is 10.0. The molecule has 3 nitrogen and oxygen atoms in total. The van der Waals surface area contributed by atoms with E-state index < -0.39 is 0 Å². The lowest BCUT2D eigenvalue weighted by Crippen LogP contribution is -2.28. The predicted molar refractivity (Wildman–Crippen MR) is 79.2 cm³/mol. The van der Waals surface area contributed by atoms with Crippen molar-refractivity contribution in [3.63, 3.8) is 0 Å². The van der Waals surface area contributed by atoms with Crippen LogP contribution < -0.4 is 10.6 Å². The number of aromatic nitrogens is 1. The lowest BCUT2D eigenvalue weighted by Gasteiger charge is -2.31. The molecule has 1 aromatic heterocycles. The second-order valence-electron chi connectivity index (χ2n) is 5.28. The van der Waals surface area contributed by atoms with Gasteiger partial charge in [-0.2, -0.15) is 0 Å². The summed E-state index contributed by atoms with van der Waals surface area (Å²) in [6.07, 6.45) is 6.17. The monoisotopic (exact) mass is 253 g/mol. The molecule has 0 atom stereocenters. The number of fused-ring (bicyclic) bond motifs is 1. The van der Waals surface area contributed by atoms with Crippen LogP contribution in [0.1, 0.15) is 23.1 Å². The van der Waals surface area contributed by atoms with Gasteiger partial charge in [0.1, 0.15) is 0 Å². The van der Waals surface area contributed by atoms with Crippen LogP contribution in [0.25, 0.3) is 0 Å². The molecule has 98 valence electrons. The molecule has 2 N–H and O–H groups in total. The predicted octanol–water partition coefficient (Wildman–Crippen LogP) is 2.93. The standard InChI is InChI=1S/C16H19N3/c1-12-7-13(10-18-9-12)11-19-6-2-3-14-8-15(17)4-5-16(14)19/h4-5,7-10H,2-3,6,11,17H2,1H3. The Hall–Kier alpha value is -2.03. The van der Waals surface area contributed by atoms with Gasteiger partial charge in [0, 0.05) is 36.9 Å². The largest absolute Gasteiger partial charge is 0.399 e. The van der Waals surface area contributed by atoms with Gasteiger partial charge in [-0.05, 0) is 54.7 Å². The maximum absolute atomic E-state index is 5.87. The molecule has 0 saturated heterocycles. The minimum absolute atomic E-state index is 0.859. The van der Waals surface area contributed by atoms with Gasteiger partial charge in [-0.1, -0.05) is 6.07 Å². The Bertz CT molecular complexity index is 592. The van der Waals surface area contributed by atoms with E-state index in [1.54, 1.807) is 0 Å². The van der Waals surface area contributed by atoms with Crippen molar-refractivity contribution in [3.05, 3.63) is 53.3 Å². The van der Waals surface area contributed by atoms with Gasteiger partial charge in [0.2, 0.25) is 0 Å². The Kier molecular flexibility index (Phi) is 3.11. The number of nitrogens with two attached hydrogens (primary N) is 1. The van der Waals surface area contributed by atoms with Crippen molar-refractivity contribution >= 4 is 11.4 Å².